The zero-order chi connectivity index (χ0) is 24.2. The fourth-order valence-electron chi connectivity index (χ4n) is 3.83. The smallest absolute Gasteiger partial charge is 0.338 e. The highest BCUT2D eigenvalue weighted by molar-refractivity contribution is 7.07. The molecule has 0 amide bonds. The minimum atomic E-state index is -0.651. The number of thiazole rings is 1. The molecule has 2 aromatic carbocycles. The Morgan fingerprint density at radius 3 is 2.38 bits per heavy atom. The number of nitrogens with zero attached hydrogens (tertiary/aromatic N) is 2. The van der Waals surface area contributed by atoms with Gasteiger partial charge in [-0.05, 0) is 54.8 Å². The van der Waals surface area contributed by atoms with E-state index in [1.807, 2.05) is 42.5 Å². The van der Waals surface area contributed by atoms with Crippen LogP contribution in [0.25, 0.3) is 6.08 Å². The first-order valence-corrected chi connectivity index (χ1v) is 11.8. The van der Waals surface area contributed by atoms with Crippen LogP contribution in [0.5, 0.6) is 11.5 Å². The van der Waals surface area contributed by atoms with Crippen LogP contribution in [0.1, 0.15) is 37.4 Å². The van der Waals surface area contributed by atoms with Crippen molar-refractivity contribution in [2.24, 2.45) is 4.99 Å². The molecule has 4 rings (SSSR count). The molecular formula is C26H26N2O5S. The standard InChI is InChI=1S/C26H26N2O5S/c1-5-14-33-20-10-6-17(7-11-20)15-21-24(29)28-23(18-8-12-19(31-3)13-9-18)22(25(30)32-4)16(2)27-26(28)34-21/h6-13,15,23H,5,14H2,1-4H3/b21-15-. The molecule has 0 aliphatic carbocycles. The van der Waals surface area contributed by atoms with E-state index in [-0.39, 0.29) is 5.56 Å². The quantitative estimate of drug-likeness (QED) is 0.488. The van der Waals surface area contributed by atoms with Crippen LogP contribution in [0.15, 0.2) is 69.6 Å². The second-order valence-corrected chi connectivity index (χ2v) is 8.77. The molecule has 8 heteroatoms. The lowest BCUT2D eigenvalue weighted by atomic mass is 9.96. The van der Waals surface area contributed by atoms with Crippen LogP contribution in [0.3, 0.4) is 0 Å². The first kappa shape index (κ1) is 23.5. The third-order valence-electron chi connectivity index (χ3n) is 5.51. The van der Waals surface area contributed by atoms with Crippen LogP contribution >= 0.6 is 11.3 Å². The number of hydrogen-bond acceptors (Lipinski definition) is 7. The van der Waals surface area contributed by atoms with Crippen molar-refractivity contribution < 1.29 is 19.0 Å². The summed E-state index contributed by atoms with van der Waals surface area (Å²) in [4.78, 5) is 31.4. The SMILES string of the molecule is CCCOc1ccc(/C=c2\sc3n(c2=O)C(c2ccc(OC)cc2)C(C(=O)OC)=C(C)N=3)cc1. The molecule has 3 aromatic rings. The van der Waals surface area contributed by atoms with E-state index >= 15 is 0 Å². The Kier molecular flexibility index (Phi) is 6.98. The van der Waals surface area contributed by atoms with Gasteiger partial charge in [0.1, 0.15) is 11.5 Å². The minimum Gasteiger partial charge on any atom is -0.497 e. The largest absolute Gasteiger partial charge is 0.497 e. The van der Waals surface area contributed by atoms with Crippen LogP contribution in [-0.2, 0) is 9.53 Å². The molecule has 2 heterocycles. The topological polar surface area (TPSA) is 79.1 Å². The maximum atomic E-state index is 13.6. The number of allylic oxidation sites excluding steroid dienone is 1. The van der Waals surface area contributed by atoms with Gasteiger partial charge in [-0.1, -0.05) is 42.5 Å². The van der Waals surface area contributed by atoms with Crippen molar-refractivity contribution in [3.8, 4) is 11.5 Å². The van der Waals surface area contributed by atoms with Crippen LogP contribution in [0.2, 0.25) is 0 Å². The number of benzene rings is 2. The van der Waals surface area contributed by atoms with Crippen molar-refractivity contribution in [1.29, 1.82) is 0 Å². The molecular weight excluding hydrogens is 452 g/mol. The highest BCUT2D eigenvalue weighted by atomic mass is 32.1. The maximum Gasteiger partial charge on any atom is 0.338 e. The molecule has 34 heavy (non-hydrogen) atoms. The molecule has 0 N–H and O–H groups in total. The van der Waals surface area contributed by atoms with Gasteiger partial charge in [-0.25, -0.2) is 9.79 Å². The van der Waals surface area contributed by atoms with E-state index < -0.39 is 12.0 Å². The number of aromatic nitrogens is 1. The van der Waals surface area contributed by atoms with Gasteiger partial charge in [0.2, 0.25) is 0 Å². The average molecular weight is 479 g/mol. The van der Waals surface area contributed by atoms with Crippen molar-refractivity contribution in [2.75, 3.05) is 20.8 Å². The second-order valence-electron chi connectivity index (χ2n) is 7.76. The maximum absolute atomic E-state index is 13.6. The van der Waals surface area contributed by atoms with Gasteiger partial charge in [0.05, 0.1) is 42.7 Å². The molecule has 0 fully saturated rings. The number of esters is 1. The summed E-state index contributed by atoms with van der Waals surface area (Å²) in [6, 6.07) is 14.2. The van der Waals surface area contributed by atoms with E-state index in [0.29, 0.717) is 33.0 Å². The van der Waals surface area contributed by atoms with Gasteiger partial charge in [0.25, 0.3) is 5.56 Å². The average Bonchev–Trinajstić information content (AvgIpc) is 3.16. The zero-order valence-electron chi connectivity index (χ0n) is 19.5. The van der Waals surface area contributed by atoms with E-state index in [1.54, 1.807) is 30.7 Å². The molecule has 0 bridgehead atoms. The Labute approximate surface area is 201 Å². The monoisotopic (exact) mass is 478 g/mol. The Morgan fingerprint density at radius 1 is 1.09 bits per heavy atom. The molecule has 1 aliphatic rings. The normalized spacial score (nSPS) is 15.5. The first-order valence-electron chi connectivity index (χ1n) is 10.9. The predicted octanol–water partition coefficient (Wildman–Crippen LogP) is 3.21. The van der Waals surface area contributed by atoms with Crippen LogP contribution in [0, 0.1) is 0 Å². The number of rotatable bonds is 7. The molecule has 0 spiro atoms. The number of ether oxygens (including phenoxy) is 3. The highest BCUT2D eigenvalue weighted by Gasteiger charge is 2.33. The van der Waals surface area contributed by atoms with Gasteiger partial charge in [0.15, 0.2) is 4.80 Å². The predicted molar refractivity (Wildman–Crippen MR) is 131 cm³/mol. The van der Waals surface area contributed by atoms with E-state index in [2.05, 4.69) is 11.9 Å². The zero-order valence-corrected chi connectivity index (χ0v) is 20.3. The van der Waals surface area contributed by atoms with E-state index in [1.165, 1.54) is 18.4 Å². The van der Waals surface area contributed by atoms with Gasteiger partial charge >= 0.3 is 5.97 Å². The molecule has 1 atom stereocenters. The van der Waals surface area contributed by atoms with Crippen LogP contribution in [0.4, 0.5) is 0 Å². The first-order chi connectivity index (χ1) is 16.5. The fraction of sp³-hybridized carbons (Fsp3) is 0.269. The summed E-state index contributed by atoms with van der Waals surface area (Å²) in [7, 11) is 2.91. The molecule has 1 aliphatic heterocycles. The minimum absolute atomic E-state index is 0.218. The van der Waals surface area contributed by atoms with Gasteiger partial charge < -0.3 is 14.2 Å². The summed E-state index contributed by atoms with van der Waals surface area (Å²) in [5.41, 5.74) is 2.28. The summed E-state index contributed by atoms with van der Waals surface area (Å²) in [5.74, 6) is 0.958. The summed E-state index contributed by atoms with van der Waals surface area (Å²) in [5, 5.41) is 0. The second kappa shape index (κ2) is 10.1. The molecule has 1 aromatic heterocycles. The third kappa shape index (κ3) is 4.54. The fourth-order valence-corrected chi connectivity index (χ4v) is 4.87. The number of hydrogen-bond donors (Lipinski definition) is 0. The van der Waals surface area contributed by atoms with Crippen molar-refractivity contribution in [2.45, 2.75) is 26.3 Å². The Morgan fingerprint density at radius 2 is 1.76 bits per heavy atom. The lowest BCUT2D eigenvalue weighted by molar-refractivity contribution is -0.136. The lowest BCUT2D eigenvalue weighted by Gasteiger charge is -2.24. The summed E-state index contributed by atoms with van der Waals surface area (Å²) < 4.78 is 18.0. The van der Waals surface area contributed by atoms with Gasteiger partial charge in [-0.15, -0.1) is 0 Å². The van der Waals surface area contributed by atoms with E-state index in [4.69, 9.17) is 14.2 Å². The van der Waals surface area contributed by atoms with Crippen molar-refractivity contribution in [3.05, 3.63) is 90.6 Å². The summed E-state index contributed by atoms with van der Waals surface area (Å²) in [6.45, 7) is 4.47. The van der Waals surface area contributed by atoms with Crippen molar-refractivity contribution in [1.82, 2.24) is 4.57 Å². The summed E-state index contributed by atoms with van der Waals surface area (Å²) >= 11 is 1.29. The van der Waals surface area contributed by atoms with Gasteiger partial charge in [-0.2, -0.15) is 0 Å². The number of carbonyl (C=O) groups is 1. The molecule has 0 saturated carbocycles. The highest BCUT2D eigenvalue weighted by Crippen LogP contribution is 2.31. The molecule has 7 nitrogen and oxygen atoms in total. The Hall–Kier alpha value is -3.65. The van der Waals surface area contributed by atoms with E-state index in [9.17, 15) is 9.59 Å². The Balaban J connectivity index is 1.83. The van der Waals surface area contributed by atoms with Crippen LogP contribution in [-0.4, -0.2) is 31.4 Å². The molecule has 176 valence electrons. The lowest BCUT2D eigenvalue weighted by Crippen LogP contribution is -2.39. The van der Waals surface area contributed by atoms with Crippen LogP contribution < -0.4 is 24.4 Å². The number of methoxy groups -OCH3 is 2. The van der Waals surface area contributed by atoms with Crippen molar-refractivity contribution >= 4 is 23.4 Å². The molecule has 1 unspecified atom stereocenters. The number of carbonyl (C=O) groups excluding carboxylic acids is 1. The van der Waals surface area contributed by atoms with Gasteiger partial charge in [-0.3, -0.25) is 9.36 Å². The number of fused-ring (bicyclic) bond motifs is 1. The van der Waals surface area contributed by atoms with Crippen molar-refractivity contribution in [3.63, 3.8) is 0 Å². The molecule has 0 saturated heterocycles. The van der Waals surface area contributed by atoms with E-state index in [0.717, 1.165) is 23.3 Å². The van der Waals surface area contributed by atoms with Gasteiger partial charge in [0, 0.05) is 0 Å². The molecule has 0 radical (unpaired) electrons. The Bertz CT molecular complexity index is 1400. The summed E-state index contributed by atoms with van der Waals surface area (Å²) in [6.07, 6.45) is 2.76. The third-order valence-corrected chi connectivity index (χ3v) is 6.49.